The van der Waals surface area contributed by atoms with Gasteiger partial charge in [0.25, 0.3) is 0 Å². The number of hydrogen-bond donors (Lipinski definition) is 1. The van der Waals surface area contributed by atoms with Crippen LogP contribution in [-0.4, -0.2) is 34.2 Å². The SMILES string of the molecule is OC1CCN(Cc2cscn2)C1. The summed E-state index contributed by atoms with van der Waals surface area (Å²) in [5.41, 5.74) is 2.97. The van der Waals surface area contributed by atoms with Crippen LogP contribution >= 0.6 is 11.3 Å². The number of hydrogen-bond acceptors (Lipinski definition) is 4. The summed E-state index contributed by atoms with van der Waals surface area (Å²) < 4.78 is 0. The molecule has 1 unspecified atom stereocenters. The standard InChI is InChI=1S/C8H12N2OS/c11-8-1-2-10(4-8)3-7-5-12-6-9-7/h5-6,8,11H,1-4H2. The van der Waals surface area contributed by atoms with Gasteiger partial charge in [0.1, 0.15) is 0 Å². The summed E-state index contributed by atoms with van der Waals surface area (Å²) in [5.74, 6) is 0. The van der Waals surface area contributed by atoms with Crippen molar-refractivity contribution in [3.8, 4) is 0 Å². The zero-order chi connectivity index (χ0) is 8.39. The van der Waals surface area contributed by atoms with Gasteiger partial charge in [0.05, 0.1) is 17.3 Å². The highest BCUT2D eigenvalue weighted by Gasteiger charge is 2.20. The van der Waals surface area contributed by atoms with Crippen molar-refractivity contribution in [2.45, 2.75) is 19.1 Å². The van der Waals surface area contributed by atoms with E-state index in [-0.39, 0.29) is 6.10 Å². The Kier molecular flexibility index (Phi) is 2.39. The Balaban J connectivity index is 1.88. The van der Waals surface area contributed by atoms with Gasteiger partial charge in [-0.25, -0.2) is 4.98 Å². The third-order valence-electron chi connectivity index (χ3n) is 2.12. The Morgan fingerprint density at radius 1 is 1.75 bits per heavy atom. The molecule has 4 heteroatoms. The van der Waals surface area contributed by atoms with Crippen molar-refractivity contribution in [3.05, 3.63) is 16.6 Å². The van der Waals surface area contributed by atoms with Crippen LogP contribution in [0.1, 0.15) is 12.1 Å². The first kappa shape index (κ1) is 8.16. The first-order valence-electron chi connectivity index (χ1n) is 4.12. The molecule has 2 heterocycles. The molecule has 1 N–H and O–H groups in total. The Hall–Kier alpha value is -0.450. The molecule has 0 bridgehead atoms. The summed E-state index contributed by atoms with van der Waals surface area (Å²) in [5, 5.41) is 11.3. The van der Waals surface area contributed by atoms with Crippen molar-refractivity contribution < 1.29 is 5.11 Å². The number of rotatable bonds is 2. The molecule has 1 saturated heterocycles. The zero-order valence-corrected chi connectivity index (χ0v) is 7.63. The summed E-state index contributed by atoms with van der Waals surface area (Å²) in [6.07, 6.45) is 0.785. The second-order valence-electron chi connectivity index (χ2n) is 3.16. The van der Waals surface area contributed by atoms with Crippen LogP contribution in [0.2, 0.25) is 0 Å². The van der Waals surface area contributed by atoms with Gasteiger partial charge < -0.3 is 5.11 Å². The molecule has 12 heavy (non-hydrogen) atoms. The van der Waals surface area contributed by atoms with Crippen LogP contribution in [0.15, 0.2) is 10.9 Å². The van der Waals surface area contributed by atoms with E-state index in [4.69, 9.17) is 0 Å². The molecule has 0 aliphatic carbocycles. The highest BCUT2D eigenvalue weighted by atomic mass is 32.1. The van der Waals surface area contributed by atoms with E-state index in [1.54, 1.807) is 11.3 Å². The highest BCUT2D eigenvalue weighted by Crippen LogP contribution is 2.12. The van der Waals surface area contributed by atoms with Crippen LogP contribution in [0, 0.1) is 0 Å². The van der Waals surface area contributed by atoms with Crippen molar-refractivity contribution in [1.29, 1.82) is 0 Å². The van der Waals surface area contributed by atoms with Gasteiger partial charge in [0.15, 0.2) is 0 Å². The zero-order valence-electron chi connectivity index (χ0n) is 6.81. The molecule has 0 saturated carbocycles. The fraction of sp³-hybridized carbons (Fsp3) is 0.625. The molecule has 66 valence electrons. The Morgan fingerprint density at radius 2 is 2.67 bits per heavy atom. The van der Waals surface area contributed by atoms with Crippen LogP contribution in [0.5, 0.6) is 0 Å². The molecule has 1 aliphatic heterocycles. The summed E-state index contributed by atoms with van der Waals surface area (Å²) in [4.78, 5) is 6.44. The topological polar surface area (TPSA) is 36.4 Å². The minimum atomic E-state index is -0.122. The van der Waals surface area contributed by atoms with E-state index >= 15 is 0 Å². The maximum Gasteiger partial charge on any atom is 0.0795 e. The largest absolute Gasteiger partial charge is 0.392 e. The first-order valence-corrected chi connectivity index (χ1v) is 5.06. The second kappa shape index (κ2) is 3.51. The van der Waals surface area contributed by atoms with Gasteiger partial charge in [-0.1, -0.05) is 0 Å². The quantitative estimate of drug-likeness (QED) is 0.735. The van der Waals surface area contributed by atoms with E-state index < -0.39 is 0 Å². The number of aliphatic hydroxyl groups excluding tert-OH is 1. The van der Waals surface area contributed by atoms with Gasteiger partial charge in [0.2, 0.25) is 0 Å². The minimum absolute atomic E-state index is 0.122. The number of aliphatic hydroxyl groups is 1. The molecule has 1 aromatic heterocycles. The van der Waals surface area contributed by atoms with Crippen LogP contribution in [0.3, 0.4) is 0 Å². The lowest BCUT2D eigenvalue weighted by atomic mass is 10.3. The molecule has 0 spiro atoms. The summed E-state index contributed by atoms with van der Waals surface area (Å²) in [6, 6.07) is 0. The smallest absolute Gasteiger partial charge is 0.0795 e. The molecule has 1 atom stereocenters. The average molecular weight is 184 g/mol. The van der Waals surface area contributed by atoms with Crippen LogP contribution < -0.4 is 0 Å². The normalized spacial score (nSPS) is 24.9. The van der Waals surface area contributed by atoms with Crippen LogP contribution in [0.25, 0.3) is 0 Å². The summed E-state index contributed by atoms with van der Waals surface area (Å²) in [7, 11) is 0. The third-order valence-corrected chi connectivity index (χ3v) is 2.75. The van der Waals surface area contributed by atoms with Crippen molar-refractivity contribution in [3.63, 3.8) is 0 Å². The maximum atomic E-state index is 9.27. The lowest BCUT2D eigenvalue weighted by Gasteiger charge is -2.12. The number of nitrogens with zero attached hydrogens (tertiary/aromatic N) is 2. The Bertz CT molecular complexity index is 237. The predicted molar refractivity (Wildman–Crippen MR) is 48.0 cm³/mol. The van der Waals surface area contributed by atoms with Gasteiger partial charge in [0, 0.05) is 25.0 Å². The molecule has 0 radical (unpaired) electrons. The lowest BCUT2D eigenvalue weighted by Crippen LogP contribution is -2.21. The summed E-state index contributed by atoms with van der Waals surface area (Å²) in [6.45, 7) is 2.69. The fourth-order valence-electron chi connectivity index (χ4n) is 1.50. The van der Waals surface area contributed by atoms with Crippen molar-refractivity contribution in [2.24, 2.45) is 0 Å². The van der Waals surface area contributed by atoms with Crippen LogP contribution in [0.4, 0.5) is 0 Å². The maximum absolute atomic E-state index is 9.27. The molecular formula is C8H12N2OS. The van der Waals surface area contributed by atoms with Crippen molar-refractivity contribution in [1.82, 2.24) is 9.88 Å². The van der Waals surface area contributed by atoms with Gasteiger partial charge in [-0.15, -0.1) is 11.3 Å². The number of likely N-dealkylation sites (tertiary alicyclic amines) is 1. The monoisotopic (exact) mass is 184 g/mol. The number of β-amino-alcohol motifs (C(OH)–C–C–N with tert-alkyl or cyclic N) is 1. The highest BCUT2D eigenvalue weighted by molar-refractivity contribution is 7.07. The fourth-order valence-corrected chi connectivity index (χ4v) is 2.05. The van der Waals surface area contributed by atoms with E-state index in [1.807, 2.05) is 5.51 Å². The molecule has 1 aromatic rings. The third kappa shape index (κ3) is 1.83. The van der Waals surface area contributed by atoms with E-state index in [0.717, 1.165) is 31.7 Å². The van der Waals surface area contributed by atoms with E-state index in [0.29, 0.717) is 0 Å². The Labute approximate surface area is 75.7 Å². The van der Waals surface area contributed by atoms with E-state index in [1.165, 1.54) is 0 Å². The summed E-state index contributed by atoms with van der Waals surface area (Å²) >= 11 is 1.62. The lowest BCUT2D eigenvalue weighted by molar-refractivity contribution is 0.174. The number of thiazole rings is 1. The second-order valence-corrected chi connectivity index (χ2v) is 3.88. The van der Waals surface area contributed by atoms with Gasteiger partial charge in [-0.2, -0.15) is 0 Å². The average Bonchev–Trinajstić information content (AvgIpc) is 2.63. The predicted octanol–water partition coefficient (Wildman–Crippen LogP) is 0.710. The molecule has 2 rings (SSSR count). The van der Waals surface area contributed by atoms with E-state index in [2.05, 4.69) is 15.3 Å². The molecule has 3 nitrogen and oxygen atoms in total. The van der Waals surface area contributed by atoms with Crippen molar-refractivity contribution >= 4 is 11.3 Å². The van der Waals surface area contributed by atoms with Crippen molar-refractivity contribution in [2.75, 3.05) is 13.1 Å². The molecule has 0 amide bonds. The molecule has 1 aliphatic rings. The minimum Gasteiger partial charge on any atom is -0.392 e. The molecular weight excluding hydrogens is 172 g/mol. The van der Waals surface area contributed by atoms with Gasteiger partial charge >= 0.3 is 0 Å². The van der Waals surface area contributed by atoms with E-state index in [9.17, 15) is 5.11 Å². The Morgan fingerprint density at radius 3 is 3.25 bits per heavy atom. The van der Waals surface area contributed by atoms with Crippen LogP contribution in [-0.2, 0) is 6.54 Å². The number of aromatic nitrogens is 1. The molecule has 1 fully saturated rings. The first-order chi connectivity index (χ1) is 5.84. The van der Waals surface area contributed by atoms with Gasteiger partial charge in [-0.05, 0) is 6.42 Å². The molecule has 0 aromatic carbocycles. The van der Waals surface area contributed by atoms with Gasteiger partial charge in [-0.3, -0.25) is 4.90 Å².